The fraction of sp³-hybridized carbons (Fsp3) is 0.0714. The Balaban J connectivity index is 1.96. The van der Waals surface area contributed by atoms with Crippen molar-refractivity contribution in [2.75, 3.05) is 0 Å². The molecule has 0 atom stereocenters. The second kappa shape index (κ2) is 6.24. The van der Waals surface area contributed by atoms with Gasteiger partial charge in [-0.25, -0.2) is 5.43 Å². The van der Waals surface area contributed by atoms with Crippen molar-refractivity contribution in [2.45, 2.75) is 6.92 Å². The summed E-state index contributed by atoms with van der Waals surface area (Å²) >= 11 is 3.35. The fourth-order valence-corrected chi connectivity index (χ4v) is 1.65. The highest BCUT2D eigenvalue weighted by Gasteiger charge is 2.03. The van der Waals surface area contributed by atoms with Gasteiger partial charge in [-0.05, 0) is 36.8 Å². The van der Waals surface area contributed by atoms with Gasteiger partial charge in [0.15, 0.2) is 0 Å². The zero-order valence-corrected chi connectivity index (χ0v) is 11.9. The molecule has 1 aromatic heterocycles. The molecule has 0 radical (unpaired) electrons. The molecule has 0 aliphatic rings. The van der Waals surface area contributed by atoms with Gasteiger partial charge >= 0.3 is 0 Å². The lowest BCUT2D eigenvalue weighted by atomic mass is 10.2. The van der Waals surface area contributed by atoms with Gasteiger partial charge in [-0.2, -0.15) is 5.10 Å². The van der Waals surface area contributed by atoms with Crippen LogP contribution in [0.5, 0.6) is 0 Å². The molecule has 0 spiro atoms. The number of amides is 1. The van der Waals surface area contributed by atoms with Crippen molar-refractivity contribution in [3.05, 3.63) is 63.9 Å². The third kappa shape index (κ3) is 3.99. The Morgan fingerprint density at radius 2 is 2.00 bits per heavy atom. The Hall–Kier alpha value is -2.01. The third-order valence-corrected chi connectivity index (χ3v) is 2.95. The van der Waals surface area contributed by atoms with Crippen molar-refractivity contribution >= 4 is 28.1 Å². The average Bonchev–Trinajstić information content (AvgIpc) is 2.41. The first kappa shape index (κ1) is 13.4. The maximum absolute atomic E-state index is 11.7. The van der Waals surface area contributed by atoms with Crippen LogP contribution < -0.4 is 5.43 Å². The summed E-state index contributed by atoms with van der Waals surface area (Å²) in [4.78, 5) is 15.8. The Labute approximate surface area is 119 Å². The van der Waals surface area contributed by atoms with Crippen LogP contribution in [0.1, 0.15) is 21.6 Å². The number of halogens is 1. The molecule has 2 aromatic rings. The van der Waals surface area contributed by atoms with Crippen molar-refractivity contribution in [3.63, 3.8) is 0 Å². The van der Waals surface area contributed by atoms with Crippen molar-refractivity contribution in [2.24, 2.45) is 5.10 Å². The number of hydrogen-bond donors (Lipinski definition) is 1. The Kier molecular flexibility index (Phi) is 4.41. The van der Waals surface area contributed by atoms with Crippen LogP contribution in [0.3, 0.4) is 0 Å². The topological polar surface area (TPSA) is 54.4 Å². The minimum absolute atomic E-state index is 0.277. The number of rotatable bonds is 3. The smallest absolute Gasteiger partial charge is 0.267 e. The minimum Gasteiger partial charge on any atom is -0.267 e. The minimum atomic E-state index is -0.277. The van der Waals surface area contributed by atoms with E-state index in [2.05, 4.69) is 31.4 Å². The number of aryl methyl sites for hydroxylation is 1. The van der Waals surface area contributed by atoms with Crippen molar-refractivity contribution < 1.29 is 4.79 Å². The highest BCUT2D eigenvalue weighted by molar-refractivity contribution is 9.10. The van der Waals surface area contributed by atoms with Crippen LogP contribution in [0.4, 0.5) is 0 Å². The lowest BCUT2D eigenvalue weighted by Gasteiger charge is -1.99. The number of nitrogens with one attached hydrogen (secondary N) is 1. The second-order valence-corrected chi connectivity index (χ2v) is 4.85. The maximum atomic E-state index is 11.7. The normalized spacial score (nSPS) is 10.6. The Bertz CT molecular complexity index is 591. The van der Waals surface area contributed by atoms with Crippen molar-refractivity contribution in [1.82, 2.24) is 10.4 Å². The molecular formula is C14H12BrN3O. The first-order chi connectivity index (χ1) is 9.15. The molecule has 1 amide bonds. The van der Waals surface area contributed by atoms with Gasteiger partial charge in [-0.1, -0.05) is 28.1 Å². The zero-order valence-electron chi connectivity index (χ0n) is 10.3. The van der Waals surface area contributed by atoms with E-state index in [1.165, 1.54) is 6.20 Å². The van der Waals surface area contributed by atoms with Gasteiger partial charge in [0.05, 0.1) is 11.8 Å². The van der Waals surface area contributed by atoms with Gasteiger partial charge in [0.2, 0.25) is 0 Å². The van der Waals surface area contributed by atoms with E-state index in [0.29, 0.717) is 5.56 Å². The molecule has 0 saturated carbocycles. The molecule has 0 unspecified atom stereocenters. The number of carbonyl (C=O) groups is 1. The molecule has 0 aliphatic heterocycles. The third-order valence-electron chi connectivity index (χ3n) is 2.42. The number of carbonyl (C=O) groups excluding carboxylic acids is 1. The molecular weight excluding hydrogens is 306 g/mol. The Morgan fingerprint density at radius 3 is 2.63 bits per heavy atom. The van der Waals surface area contributed by atoms with E-state index in [9.17, 15) is 4.79 Å². The number of aromatic nitrogens is 1. The van der Waals surface area contributed by atoms with Crippen LogP contribution in [-0.4, -0.2) is 17.1 Å². The fourth-order valence-electron chi connectivity index (χ4n) is 1.38. The number of hydrogen-bond acceptors (Lipinski definition) is 3. The quantitative estimate of drug-likeness (QED) is 0.699. The van der Waals surface area contributed by atoms with Crippen LogP contribution in [0.25, 0.3) is 0 Å². The van der Waals surface area contributed by atoms with E-state index in [1.54, 1.807) is 18.3 Å². The summed E-state index contributed by atoms with van der Waals surface area (Å²) in [6, 6.07) is 11.1. The SMILES string of the molecule is Cc1ccc(C(=O)N/N=C/c2ccc(Br)cc2)cn1. The van der Waals surface area contributed by atoms with Crippen LogP contribution >= 0.6 is 15.9 Å². The maximum Gasteiger partial charge on any atom is 0.272 e. The van der Waals surface area contributed by atoms with Crippen molar-refractivity contribution in [1.29, 1.82) is 0 Å². The van der Waals surface area contributed by atoms with E-state index in [1.807, 2.05) is 31.2 Å². The molecule has 0 bridgehead atoms. The first-order valence-corrected chi connectivity index (χ1v) is 6.46. The first-order valence-electron chi connectivity index (χ1n) is 5.67. The summed E-state index contributed by atoms with van der Waals surface area (Å²) < 4.78 is 0.999. The predicted molar refractivity (Wildman–Crippen MR) is 78.2 cm³/mol. The predicted octanol–water partition coefficient (Wildman–Crippen LogP) is 2.92. The lowest BCUT2D eigenvalue weighted by molar-refractivity contribution is 0.0955. The molecule has 1 N–H and O–H groups in total. The van der Waals surface area contributed by atoms with Crippen LogP contribution in [-0.2, 0) is 0 Å². The molecule has 5 heteroatoms. The van der Waals surface area contributed by atoms with Gasteiger partial charge in [0, 0.05) is 16.4 Å². The summed E-state index contributed by atoms with van der Waals surface area (Å²) in [5.41, 5.74) is 4.72. The molecule has 2 rings (SSSR count). The summed E-state index contributed by atoms with van der Waals surface area (Å²) in [5, 5.41) is 3.90. The number of nitrogens with zero attached hydrogens (tertiary/aromatic N) is 2. The molecule has 1 aromatic carbocycles. The van der Waals surface area contributed by atoms with Crippen LogP contribution in [0, 0.1) is 6.92 Å². The molecule has 0 aliphatic carbocycles. The standard InChI is InChI=1S/C14H12BrN3O/c1-10-2-5-12(9-16-10)14(19)18-17-8-11-3-6-13(15)7-4-11/h2-9H,1H3,(H,18,19)/b17-8+. The second-order valence-electron chi connectivity index (χ2n) is 3.94. The zero-order chi connectivity index (χ0) is 13.7. The van der Waals surface area contributed by atoms with Crippen LogP contribution in [0.2, 0.25) is 0 Å². The van der Waals surface area contributed by atoms with E-state index in [0.717, 1.165) is 15.7 Å². The monoisotopic (exact) mass is 317 g/mol. The Morgan fingerprint density at radius 1 is 1.26 bits per heavy atom. The average molecular weight is 318 g/mol. The molecule has 0 fully saturated rings. The molecule has 4 nitrogen and oxygen atoms in total. The molecule has 0 saturated heterocycles. The lowest BCUT2D eigenvalue weighted by Crippen LogP contribution is -2.17. The van der Waals surface area contributed by atoms with E-state index in [-0.39, 0.29) is 5.91 Å². The highest BCUT2D eigenvalue weighted by Crippen LogP contribution is 2.08. The van der Waals surface area contributed by atoms with E-state index >= 15 is 0 Å². The van der Waals surface area contributed by atoms with E-state index < -0.39 is 0 Å². The molecule has 1 heterocycles. The van der Waals surface area contributed by atoms with Gasteiger partial charge < -0.3 is 0 Å². The van der Waals surface area contributed by atoms with Gasteiger partial charge in [-0.15, -0.1) is 0 Å². The summed E-state index contributed by atoms with van der Waals surface area (Å²) in [6.07, 6.45) is 3.12. The summed E-state index contributed by atoms with van der Waals surface area (Å²) in [5.74, 6) is -0.277. The molecule has 19 heavy (non-hydrogen) atoms. The van der Waals surface area contributed by atoms with Crippen LogP contribution in [0.15, 0.2) is 52.2 Å². The van der Waals surface area contributed by atoms with Gasteiger partial charge in [-0.3, -0.25) is 9.78 Å². The number of hydrazone groups is 1. The van der Waals surface area contributed by atoms with Gasteiger partial charge in [0.1, 0.15) is 0 Å². The van der Waals surface area contributed by atoms with Gasteiger partial charge in [0.25, 0.3) is 5.91 Å². The summed E-state index contributed by atoms with van der Waals surface area (Å²) in [6.45, 7) is 1.87. The highest BCUT2D eigenvalue weighted by atomic mass is 79.9. The van der Waals surface area contributed by atoms with E-state index in [4.69, 9.17) is 0 Å². The van der Waals surface area contributed by atoms with Crippen molar-refractivity contribution in [3.8, 4) is 0 Å². The number of benzene rings is 1. The largest absolute Gasteiger partial charge is 0.272 e. The summed E-state index contributed by atoms with van der Waals surface area (Å²) in [7, 11) is 0. The molecule has 96 valence electrons. The number of pyridine rings is 1.